The largest absolute Gasteiger partial charge is 0.355 e. The maximum Gasteiger partial charge on any atom is 0.237 e. The zero-order valence-electron chi connectivity index (χ0n) is 17.2. The van der Waals surface area contributed by atoms with Gasteiger partial charge in [0.1, 0.15) is 0 Å². The molecule has 28 heavy (non-hydrogen) atoms. The summed E-state index contributed by atoms with van der Waals surface area (Å²) in [5.41, 5.74) is 1.21. The number of carbonyl (C=O) groups excluding carboxylic acids is 2. The van der Waals surface area contributed by atoms with E-state index in [9.17, 15) is 9.59 Å². The number of nitrogens with zero attached hydrogens (tertiary/aromatic N) is 2. The summed E-state index contributed by atoms with van der Waals surface area (Å²) in [6, 6.07) is 10.2. The summed E-state index contributed by atoms with van der Waals surface area (Å²) in [6.07, 6.45) is 7.10. The van der Waals surface area contributed by atoms with Gasteiger partial charge in [-0.3, -0.25) is 14.5 Å². The molecule has 5 nitrogen and oxygen atoms in total. The Hall–Kier alpha value is -1.88. The highest BCUT2D eigenvalue weighted by Gasteiger charge is 2.37. The summed E-state index contributed by atoms with van der Waals surface area (Å²) in [4.78, 5) is 29.8. The van der Waals surface area contributed by atoms with Crippen LogP contribution in [-0.4, -0.2) is 60.4 Å². The van der Waals surface area contributed by atoms with E-state index in [0.717, 1.165) is 58.4 Å². The predicted molar refractivity (Wildman–Crippen MR) is 112 cm³/mol. The van der Waals surface area contributed by atoms with Crippen LogP contribution < -0.4 is 5.32 Å². The first-order valence-corrected chi connectivity index (χ1v) is 11.0. The maximum absolute atomic E-state index is 12.8. The van der Waals surface area contributed by atoms with Crippen molar-refractivity contribution in [3.05, 3.63) is 35.9 Å². The van der Waals surface area contributed by atoms with E-state index in [4.69, 9.17) is 0 Å². The molecule has 1 heterocycles. The molecule has 2 fully saturated rings. The molecule has 5 heteroatoms. The zero-order chi connectivity index (χ0) is 19.8. The second-order valence-corrected chi connectivity index (χ2v) is 8.18. The fourth-order valence-electron chi connectivity index (χ4n) is 4.61. The standard InChI is InChI=1S/C23H35N3O2/c1-2-14-24-23(28)22(20-10-6-7-11-20)26-17-15-25(16-18-26)21(27)13-12-19-8-4-3-5-9-19/h3-5,8-9,20,22H,2,6-7,10-18H2,1H3,(H,24,28)/t22-/m0/s1. The van der Waals surface area contributed by atoms with E-state index in [1.54, 1.807) is 0 Å². The Labute approximate surface area is 169 Å². The van der Waals surface area contributed by atoms with Crippen LogP contribution in [0.5, 0.6) is 0 Å². The predicted octanol–water partition coefficient (Wildman–Crippen LogP) is 2.85. The molecule has 1 N–H and O–H groups in total. The monoisotopic (exact) mass is 385 g/mol. The van der Waals surface area contributed by atoms with E-state index in [1.807, 2.05) is 23.1 Å². The number of rotatable bonds is 8. The molecule has 1 saturated carbocycles. The Kier molecular flexibility index (Phi) is 7.90. The third kappa shape index (κ3) is 5.57. The molecular weight excluding hydrogens is 350 g/mol. The Balaban J connectivity index is 1.51. The van der Waals surface area contributed by atoms with Crippen LogP contribution in [0.4, 0.5) is 0 Å². The second kappa shape index (κ2) is 10.6. The van der Waals surface area contributed by atoms with Gasteiger partial charge in [0.2, 0.25) is 11.8 Å². The van der Waals surface area contributed by atoms with E-state index < -0.39 is 0 Å². The van der Waals surface area contributed by atoms with Gasteiger partial charge in [0.25, 0.3) is 0 Å². The normalized spacial score (nSPS) is 19.5. The molecule has 1 aliphatic heterocycles. The molecule has 0 aromatic heterocycles. The average Bonchev–Trinajstić information content (AvgIpc) is 3.26. The van der Waals surface area contributed by atoms with E-state index in [-0.39, 0.29) is 17.9 Å². The molecular formula is C23H35N3O2. The number of piperazine rings is 1. The van der Waals surface area contributed by atoms with Crippen molar-refractivity contribution < 1.29 is 9.59 Å². The van der Waals surface area contributed by atoms with Crippen molar-refractivity contribution in [2.24, 2.45) is 5.92 Å². The summed E-state index contributed by atoms with van der Waals surface area (Å²) in [5, 5.41) is 3.12. The lowest BCUT2D eigenvalue weighted by Gasteiger charge is -2.40. The SMILES string of the molecule is CCCNC(=O)[C@H](C1CCCC1)N1CCN(C(=O)CCc2ccccc2)CC1. The molecule has 1 aliphatic carbocycles. The zero-order valence-corrected chi connectivity index (χ0v) is 17.2. The van der Waals surface area contributed by atoms with Crippen LogP contribution in [-0.2, 0) is 16.0 Å². The maximum atomic E-state index is 12.8. The molecule has 0 spiro atoms. The fourth-order valence-corrected chi connectivity index (χ4v) is 4.61. The van der Waals surface area contributed by atoms with Gasteiger partial charge in [-0.1, -0.05) is 50.1 Å². The Morgan fingerprint density at radius 3 is 2.39 bits per heavy atom. The van der Waals surface area contributed by atoms with Gasteiger partial charge in [-0.25, -0.2) is 0 Å². The molecule has 154 valence electrons. The Morgan fingerprint density at radius 2 is 1.75 bits per heavy atom. The topological polar surface area (TPSA) is 52.7 Å². The van der Waals surface area contributed by atoms with Gasteiger partial charge < -0.3 is 10.2 Å². The second-order valence-electron chi connectivity index (χ2n) is 8.18. The number of nitrogens with one attached hydrogen (secondary N) is 1. The van der Waals surface area contributed by atoms with Crippen LogP contribution in [0.1, 0.15) is 51.0 Å². The van der Waals surface area contributed by atoms with Crippen LogP contribution in [0.3, 0.4) is 0 Å². The third-order valence-electron chi connectivity index (χ3n) is 6.19. The Bertz CT molecular complexity index is 620. The molecule has 2 amide bonds. The molecule has 0 unspecified atom stereocenters. The van der Waals surface area contributed by atoms with Gasteiger partial charge in [0, 0.05) is 39.1 Å². The number of carbonyl (C=O) groups is 2. The van der Waals surface area contributed by atoms with Crippen LogP contribution in [0.25, 0.3) is 0 Å². The lowest BCUT2D eigenvalue weighted by molar-refractivity contribution is -0.135. The first-order valence-electron chi connectivity index (χ1n) is 11.0. The molecule has 1 atom stereocenters. The number of amides is 2. The lowest BCUT2D eigenvalue weighted by Crippen LogP contribution is -2.58. The minimum Gasteiger partial charge on any atom is -0.355 e. The van der Waals surface area contributed by atoms with Crippen LogP contribution in [0, 0.1) is 5.92 Å². The van der Waals surface area contributed by atoms with Crippen LogP contribution >= 0.6 is 0 Å². The van der Waals surface area contributed by atoms with Gasteiger partial charge in [-0.15, -0.1) is 0 Å². The number of benzene rings is 1. The van der Waals surface area contributed by atoms with Crippen molar-refractivity contribution in [2.45, 2.75) is 57.9 Å². The quantitative estimate of drug-likeness (QED) is 0.749. The highest BCUT2D eigenvalue weighted by molar-refractivity contribution is 5.82. The molecule has 3 rings (SSSR count). The highest BCUT2D eigenvalue weighted by atomic mass is 16.2. The summed E-state index contributed by atoms with van der Waals surface area (Å²) >= 11 is 0. The van der Waals surface area contributed by atoms with Crippen LogP contribution in [0.15, 0.2) is 30.3 Å². The summed E-state index contributed by atoms with van der Waals surface area (Å²) in [5.74, 6) is 0.895. The Morgan fingerprint density at radius 1 is 1.07 bits per heavy atom. The van der Waals surface area contributed by atoms with Crippen molar-refractivity contribution in [3.8, 4) is 0 Å². The van der Waals surface area contributed by atoms with E-state index in [2.05, 4.69) is 29.3 Å². The van der Waals surface area contributed by atoms with Crippen molar-refractivity contribution in [3.63, 3.8) is 0 Å². The van der Waals surface area contributed by atoms with Gasteiger partial charge in [0.15, 0.2) is 0 Å². The molecule has 1 aromatic carbocycles. The molecule has 0 bridgehead atoms. The minimum atomic E-state index is -0.0179. The smallest absolute Gasteiger partial charge is 0.237 e. The van der Waals surface area contributed by atoms with E-state index in [0.29, 0.717) is 12.3 Å². The van der Waals surface area contributed by atoms with E-state index >= 15 is 0 Å². The van der Waals surface area contributed by atoms with Crippen molar-refractivity contribution in [2.75, 3.05) is 32.7 Å². The highest BCUT2D eigenvalue weighted by Crippen LogP contribution is 2.31. The van der Waals surface area contributed by atoms with Crippen molar-refractivity contribution in [1.29, 1.82) is 0 Å². The van der Waals surface area contributed by atoms with Gasteiger partial charge in [-0.2, -0.15) is 0 Å². The van der Waals surface area contributed by atoms with E-state index in [1.165, 1.54) is 18.4 Å². The minimum absolute atomic E-state index is 0.0179. The van der Waals surface area contributed by atoms with Gasteiger partial charge in [0.05, 0.1) is 6.04 Å². The van der Waals surface area contributed by atoms with Gasteiger partial charge >= 0.3 is 0 Å². The molecule has 0 radical (unpaired) electrons. The first kappa shape index (κ1) is 20.8. The van der Waals surface area contributed by atoms with Crippen molar-refractivity contribution >= 4 is 11.8 Å². The lowest BCUT2D eigenvalue weighted by atomic mass is 9.95. The molecule has 2 aliphatic rings. The summed E-state index contributed by atoms with van der Waals surface area (Å²) in [7, 11) is 0. The fraction of sp³-hybridized carbons (Fsp3) is 0.652. The van der Waals surface area contributed by atoms with Crippen molar-refractivity contribution in [1.82, 2.24) is 15.1 Å². The first-order chi connectivity index (χ1) is 13.7. The number of hydrogen-bond acceptors (Lipinski definition) is 3. The number of aryl methyl sites for hydroxylation is 1. The molecule has 1 saturated heterocycles. The number of hydrogen-bond donors (Lipinski definition) is 1. The van der Waals surface area contributed by atoms with Crippen LogP contribution in [0.2, 0.25) is 0 Å². The van der Waals surface area contributed by atoms with Gasteiger partial charge in [-0.05, 0) is 37.2 Å². The average molecular weight is 386 g/mol. The summed E-state index contributed by atoms with van der Waals surface area (Å²) < 4.78 is 0. The summed E-state index contributed by atoms with van der Waals surface area (Å²) in [6.45, 7) is 5.91. The third-order valence-corrected chi connectivity index (χ3v) is 6.19. The molecule has 1 aromatic rings.